The molecule has 0 aromatic heterocycles. The minimum Gasteiger partial charge on any atom is -0.196 e. The van der Waals surface area contributed by atoms with Crippen LogP contribution < -0.4 is 0 Å². The third-order valence-corrected chi connectivity index (χ3v) is 8.79. The molecule has 3 aromatic rings. The van der Waals surface area contributed by atoms with Crippen LogP contribution in [0.25, 0.3) is 0 Å². The maximum atomic E-state index is 2.20. The van der Waals surface area contributed by atoms with E-state index in [0.717, 1.165) is 0 Å². The molecule has 7 heteroatoms. The molecule has 1 aliphatic heterocycles. The smallest absolute Gasteiger partial charge is 0.0379 e. The van der Waals surface area contributed by atoms with Crippen molar-refractivity contribution in [2.24, 2.45) is 0 Å². The third-order valence-electron chi connectivity index (χ3n) is 8.79. The molecule has 0 amide bonds. The Labute approximate surface area is 265 Å². The predicted molar refractivity (Wildman–Crippen MR) is 166 cm³/mol. The van der Waals surface area contributed by atoms with Crippen LogP contribution in [0.2, 0.25) is 0 Å². The monoisotopic (exact) mass is 630 g/mol. The van der Waals surface area contributed by atoms with E-state index in [1.165, 1.54) is 105 Å². The summed E-state index contributed by atoms with van der Waals surface area (Å²) < 4.78 is 0. The van der Waals surface area contributed by atoms with Gasteiger partial charge < -0.3 is 0 Å². The molecule has 1 fully saturated rings. The van der Waals surface area contributed by atoms with Gasteiger partial charge in [-0.2, -0.15) is 83.5 Å². The minimum atomic E-state index is 0. The van der Waals surface area contributed by atoms with E-state index in [9.17, 15) is 0 Å². The summed E-state index contributed by atoms with van der Waals surface area (Å²) in [5, 5.41) is 0. The summed E-state index contributed by atoms with van der Waals surface area (Å²) >= 11 is 0. The summed E-state index contributed by atoms with van der Waals surface area (Å²) in [5.74, 6) is 0. The van der Waals surface area contributed by atoms with Crippen LogP contribution in [0.4, 0.5) is 0 Å². The molecule has 37 heavy (non-hydrogen) atoms. The van der Waals surface area contributed by atoms with Crippen LogP contribution in [0.15, 0.2) is 0 Å². The van der Waals surface area contributed by atoms with Crippen LogP contribution in [0, 0.1) is 104 Å². The molecule has 0 spiro atoms. The second kappa shape index (κ2) is 19.0. The van der Waals surface area contributed by atoms with Crippen molar-refractivity contribution in [3.63, 3.8) is 0 Å². The molecule has 0 nitrogen and oxygen atoms in total. The minimum absolute atomic E-state index is 0. The number of hydrogen-bond acceptors (Lipinski definition) is 0. The Bertz CT molecular complexity index is 723. The number of hydrogen-bond donors (Lipinski definition) is 0. The van der Waals surface area contributed by atoms with Crippen LogP contribution >= 0.6 is 0 Å². The first-order chi connectivity index (χ1) is 15.2. The third kappa shape index (κ3) is 11.1. The molecular formula is C30H49B4Co3-3. The standard InChI is InChI=1S/3C10H15.B3H3.BH.3Co/c3*1-6-7(2)9(4)10(5)8(6)3;1-2-3-1;;;;/h3*1-5H3;1-3H;1H;;;/q3*-1;;;;;. The average Bonchev–Trinajstić information content (AvgIpc) is 3.65. The van der Waals surface area contributed by atoms with Gasteiger partial charge in [0, 0.05) is 79.9 Å². The Morgan fingerprint density at radius 1 is 0.324 bits per heavy atom. The summed E-state index contributed by atoms with van der Waals surface area (Å²) in [6.07, 6.45) is 0. The Balaban J connectivity index is -0.000000198. The van der Waals surface area contributed by atoms with Crippen LogP contribution in [-0.2, 0) is 50.3 Å². The first-order valence-electron chi connectivity index (χ1n) is 12.8. The summed E-state index contributed by atoms with van der Waals surface area (Å²) in [5.41, 5.74) is 22.0. The molecular weight excluding hydrogens is 580 g/mol. The van der Waals surface area contributed by atoms with Gasteiger partial charge in [0.2, 0.25) is 0 Å². The molecule has 1 aliphatic rings. The number of rotatable bonds is 0. The maximum Gasteiger partial charge on any atom is 0.0379 e. The van der Waals surface area contributed by atoms with Gasteiger partial charge in [-0.1, -0.05) is 104 Å². The zero-order chi connectivity index (χ0) is 25.8. The van der Waals surface area contributed by atoms with Gasteiger partial charge in [0.25, 0.3) is 0 Å². The van der Waals surface area contributed by atoms with Crippen molar-refractivity contribution < 1.29 is 50.3 Å². The summed E-state index contributed by atoms with van der Waals surface area (Å²) in [6.45, 7) is 33.0. The van der Waals surface area contributed by atoms with E-state index in [4.69, 9.17) is 0 Å². The van der Waals surface area contributed by atoms with Crippen molar-refractivity contribution in [2.45, 2.75) is 104 Å². The van der Waals surface area contributed by atoms with Crippen LogP contribution in [0.1, 0.15) is 83.5 Å². The predicted octanol–water partition coefficient (Wildman–Crippen LogP) is 6.24. The van der Waals surface area contributed by atoms with Gasteiger partial charge in [-0.15, -0.1) is 0 Å². The molecule has 211 valence electrons. The van der Waals surface area contributed by atoms with Gasteiger partial charge >= 0.3 is 0 Å². The molecule has 0 bridgehead atoms. The zero-order valence-corrected chi connectivity index (χ0v) is 29.5. The summed E-state index contributed by atoms with van der Waals surface area (Å²) in [4.78, 5) is 0. The fourth-order valence-electron chi connectivity index (χ4n) is 4.22. The topological polar surface area (TPSA) is 0 Å². The zero-order valence-electron chi connectivity index (χ0n) is 26.3. The first kappa shape index (κ1) is 43.9. The van der Waals surface area contributed by atoms with Crippen molar-refractivity contribution in [1.29, 1.82) is 0 Å². The Kier molecular flexibility index (Phi) is 22.5. The average molecular weight is 630 g/mol. The fourth-order valence-corrected chi connectivity index (χ4v) is 4.22. The maximum absolute atomic E-state index is 2.20. The SMILES string of the molecule is B1BB1.Cc1c(C)c(C)[c-](C)c1C.Cc1c(C)c(C)[c-](C)c1C.Cc1c(C)c(C)[c-](C)c1C.[BH].[Co].[Co].[Co]. The van der Waals surface area contributed by atoms with Gasteiger partial charge in [0.1, 0.15) is 0 Å². The van der Waals surface area contributed by atoms with Crippen molar-refractivity contribution in [1.82, 2.24) is 0 Å². The molecule has 0 N–H and O–H groups in total. The molecule has 4 rings (SSSR count). The second-order valence-corrected chi connectivity index (χ2v) is 10.4. The second-order valence-electron chi connectivity index (χ2n) is 10.4. The molecule has 5 radical (unpaired) electrons. The van der Waals surface area contributed by atoms with Crippen LogP contribution in [0.3, 0.4) is 0 Å². The molecule has 1 heterocycles. The van der Waals surface area contributed by atoms with Gasteiger partial charge in [0.05, 0.1) is 0 Å². The molecule has 0 atom stereocenters. The van der Waals surface area contributed by atoms with E-state index in [1.54, 1.807) is 0 Å². The van der Waals surface area contributed by atoms with E-state index >= 15 is 0 Å². The van der Waals surface area contributed by atoms with Crippen LogP contribution in [0.5, 0.6) is 0 Å². The van der Waals surface area contributed by atoms with E-state index in [0.29, 0.717) is 0 Å². The van der Waals surface area contributed by atoms with Gasteiger partial charge in [-0.25, -0.2) is 0 Å². The van der Waals surface area contributed by atoms with E-state index in [2.05, 4.69) is 104 Å². The van der Waals surface area contributed by atoms with Crippen molar-refractivity contribution in [3.8, 4) is 0 Å². The molecule has 1 saturated heterocycles. The van der Waals surface area contributed by atoms with Crippen molar-refractivity contribution >= 4 is 29.6 Å². The quantitative estimate of drug-likeness (QED) is 0.204. The normalized spacial score (nSPS) is 9.81. The fraction of sp³-hybridized carbons (Fsp3) is 0.500. The Morgan fingerprint density at radius 3 is 0.459 bits per heavy atom. The Morgan fingerprint density at radius 2 is 0.432 bits per heavy atom. The summed E-state index contributed by atoms with van der Waals surface area (Å²) in [7, 11) is 4.50. The molecule has 3 aromatic carbocycles. The largest absolute Gasteiger partial charge is 0.196 e. The van der Waals surface area contributed by atoms with Crippen molar-refractivity contribution in [3.05, 3.63) is 83.5 Å². The van der Waals surface area contributed by atoms with Gasteiger partial charge in [0.15, 0.2) is 0 Å². The van der Waals surface area contributed by atoms with Gasteiger partial charge in [-0.3, -0.25) is 0 Å². The Hall–Kier alpha value is -0.171. The molecule has 0 unspecified atom stereocenters. The van der Waals surface area contributed by atoms with E-state index in [1.807, 2.05) is 0 Å². The van der Waals surface area contributed by atoms with Crippen LogP contribution in [-0.4, -0.2) is 29.6 Å². The molecule has 0 aliphatic carbocycles. The van der Waals surface area contributed by atoms with E-state index in [-0.39, 0.29) is 58.7 Å². The van der Waals surface area contributed by atoms with Gasteiger partial charge in [-0.05, 0) is 0 Å². The summed E-state index contributed by atoms with van der Waals surface area (Å²) in [6, 6.07) is 0. The molecule has 0 saturated carbocycles. The first-order valence-corrected chi connectivity index (χ1v) is 12.8. The van der Waals surface area contributed by atoms with E-state index < -0.39 is 0 Å². The van der Waals surface area contributed by atoms with Crippen molar-refractivity contribution in [2.75, 3.05) is 0 Å².